The molecule has 0 bridgehead atoms. The van der Waals surface area contributed by atoms with E-state index in [4.69, 9.17) is 4.74 Å². The Kier molecular flexibility index (Phi) is 2.51. The minimum atomic E-state index is -2.99. The lowest BCUT2D eigenvalue weighted by molar-refractivity contribution is 0.115. The smallest absolute Gasteiger partial charge is 0.211 e. The normalized spacial score (nSPS) is 27.6. The van der Waals surface area contributed by atoms with Crippen LogP contribution in [0.4, 0.5) is 0 Å². The van der Waals surface area contributed by atoms with Gasteiger partial charge < -0.3 is 4.74 Å². The topological polar surface area (TPSA) is 46.6 Å². The van der Waals surface area contributed by atoms with Gasteiger partial charge in [0.1, 0.15) is 0 Å². The highest BCUT2D eigenvalue weighted by molar-refractivity contribution is 7.88. The van der Waals surface area contributed by atoms with Crippen LogP contribution in [0.1, 0.15) is 6.42 Å². The lowest BCUT2D eigenvalue weighted by Gasteiger charge is -2.11. The molecule has 0 aromatic carbocycles. The van der Waals surface area contributed by atoms with E-state index in [-0.39, 0.29) is 6.10 Å². The molecule has 0 saturated carbocycles. The number of hydrogen-bond donors (Lipinski definition) is 0. The van der Waals surface area contributed by atoms with Crippen molar-refractivity contribution in [3.63, 3.8) is 0 Å². The molecule has 4 nitrogen and oxygen atoms in total. The third kappa shape index (κ3) is 2.15. The summed E-state index contributed by atoms with van der Waals surface area (Å²) in [5.74, 6) is 0. The molecule has 1 rings (SSSR count). The average molecular weight is 179 g/mol. The van der Waals surface area contributed by atoms with Crippen LogP contribution in [0.25, 0.3) is 0 Å². The van der Waals surface area contributed by atoms with Gasteiger partial charge in [0, 0.05) is 20.2 Å². The van der Waals surface area contributed by atoms with Crippen molar-refractivity contribution in [2.24, 2.45) is 0 Å². The second kappa shape index (κ2) is 3.08. The first-order valence-electron chi connectivity index (χ1n) is 3.52. The van der Waals surface area contributed by atoms with Crippen LogP contribution in [-0.2, 0) is 14.8 Å². The zero-order valence-corrected chi connectivity index (χ0v) is 7.60. The van der Waals surface area contributed by atoms with Crippen molar-refractivity contribution in [3.8, 4) is 0 Å². The largest absolute Gasteiger partial charge is 0.380 e. The van der Waals surface area contributed by atoms with E-state index in [1.54, 1.807) is 7.11 Å². The molecular weight excluding hydrogens is 166 g/mol. The summed E-state index contributed by atoms with van der Waals surface area (Å²) in [6.07, 6.45) is 2.12. The van der Waals surface area contributed by atoms with Crippen molar-refractivity contribution < 1.29 is 13.2 Å². The molecule has 1 heterocycles. The van der Waals surface area contributed by atoms with E-state index >= 15 is 0 Å². The summed E-state index contributed by atoms with van der Waals surface area (Å²) in [5, 5.41) is 0. The molecule has 0 unspecified atom stereocenters. The van der Waals surface area contributed by atoms with Crippen LogP contribution in [0, 0.1) is 0 Å². The summed E-state index contributed by atoms with van der Waals surface area (Å²) in [5.41, 5.74) is 0. The molecule has 1 aliphatic heterocycles. The number of hydrogen-bond acceptors (Lipinski definition) is 3. The van der Waals surface area contributed by atoms with Crippen molar-refractivity contribution >= 4 is 10.0 Å². The Hall–Kier alpha value is -0.130. The molecule has 0 spiro atoms. The average Bonchev–Trinajstić information content (AvgIpc) is 2.32. The van der Waals surface area contributed by atoms with E-state index in [0.717, 1.165) is 6.42 Å². The van der Waals surface area contributed by atoms with E-state index < -0.39 is 10.0 Å². The van der Waals surface area contributed by atoms with Crippen LogP contribution in [-0.4, -0.2) is 45.3 Å². The Bertz CT molecular complexity index is 224. The Labute approximate surface area is 67.2 Å². The second-order valence-corrected chi connectivity index (χ2v) is 4.75. The first kappa shape index (κ1) is 8.96. The van der Waals surface area contributed by atoms with Gasteiger partial charge in [-0.15, -0.1) is 0 Å². The Morgan fingerprint density at radius 1 is 1.55 bits per heavy atom. The van der Waals surface area contributed by atoms with Gasteiger partial charge in [-0.05, 0) is 6.42 Å². The summed E-state index contributed by atoms with van der Waals surface area (Å²) in [6, 6.07) is 0. The zero-order valence-electron chi connectivity index (χ0n) is 6.78. The number of sulfonamides is 1. The van der Waals surface area contributed by atoms with Crippen LogP contribution in [0.3, 0.4) is 0 Å². The molecule has 66 valence electrons. The third-order valence-electron chi connectivity index (χ3n) is 1.91. The van der Waals surface area contributed by atoms with E-state index in [1.165, 1.54) is 10.6 Å². The predicted octanol–water partition coefficient (Wildman–Crippen LogP) is -0.333. The van der Waals surface area contributed by atoms with Gasteiger partial charge in [-0.2, -0.15) is 4.31 Å². The van der Waals surface area contributed by atoms with E-state index in [1.807, 2.05) is 0 Å². The fourth-order valence-electron chi connectivity index (χ4n) is 1.19. The Morgan fingerprint density at radius 3 is 2.45 bits per heavy atom. The third-order valence-corrected chi connectivity index (χ3v) is 3.18. The Morgan fingerprint density at radius 2 is 2.18 bits per heavy atom. The predicted molar refractivity (Wildman–Crippen MR) is 41.8 cm³/mol. The van der Waals surface area contributed by atoms with Crippen LogP contribution >= 0.6 is 0 Å². The van der Waals surface area contributed by atoms with Gasteiger partial charge >= 0.3 is 0 Å². The summed E-state index contributed by atoms with van der Waals surface area (Å²) >= 11 is 0. The zero-order chi connectivity index (χ0) is 8.48. The minimum Gasteiger partial charge on any atom is -0.380 e. The molecule has 0 radical (unpaired) electrons. The van der Waals surface area contributed by atoms with Gasteiger partial charge in [-0.1, -0.05) is 0 Å². The first-order valence-corrected chi connectivity index (χ1v) is 5.37. The molecule has 0 aromatic rings. The first-order chi connectivity index (χ1) is 5.04. The van der Waals surface area contributed by atoms with Gasteiger partial charge in [-0.3, -0.25) is 0 Å². The highest BCUT2D eigenvalue weighted by Crippen LogP contribution is 2.14. The monoisotopic (exact) mass is 179 g/mol. The molecule has 1 saturated heterocycles. The van der Waals surface area contributed by atoms with Gasteiger partial charge in [0.05, 0.1) is 12.4 Å². The lowest BCUT2D eigenvalue weighted by atomic mass is 10.3. The lowest BCUT2D eigenvalue weighted by Crippen LogP contribution is -2.28. The van der Waals surface area contributed by atoms with Crippen molar-refractivity contribution in [1.29, 1.82) is 0 Å². The van der Waals surface area contributed by atoms with Crippen molar-refractivity contribution in [3.05, 3.63) is 0 Å². The molecule has 0 aliphatic carbocycles. The Balaban J connectivity index is 2.55. The minimum absolute atomic E-state index is 0.0877. The standard InChI is InChI=1S/C6H13NO3S/c1-10-6-3-4-7(5-6)11(2,8)9/h6H,3-5H2,1-2H3/t6-/m1/s1. The molecule has 0 aromatic heterocycles. The van der Waals surface area contributed by atoms with Crippen LogP contribution in [0.2, 0.25) is 0 Å². The van der Waals surface area contributed by atoms with E-state index in [2.05, 4.69) is 0 Å². The molecule has 5 heteroatoms. The maximum atomic E-state index is 11.0. The number of methoxy groups -OCH3 is 1. The number of ether oxygens (including phenoxy) is 1. The summed E-state index contributed by atoms with van der Waals surface area (Å²) in [4.78, 5) is 0. The van der Waals surface area contributed by atoms with Gasteiger partial charge in [0.25, 0.3) is 0 Å². The summed E-state index contributed by atoms with van der Waals surface area (Å²) in [7, 11) is -1.38. The van der Waals surface area contributed by atoms with Crippen LogP contribution in [0.15, 0.2) is 0 Å². The maximum absolute atomic E-state index is 11.0. The molecule has 1 aliphatic rings. The van der Waals surface area contributed by atoms with Crippen molar-refractivity contribution in [2.75, 3.05) is 26.5 Å². The van der Waals surface area contributed by atoms with E-state index in [9.17, 15) is 8.42 Å². The highest BCUT2D eigenvalue weighted by atomic mass is 32.2. The summed E-state index contributed by atoms with van der Waals surface area (Å²) < 4.78 is 28.4. The molecule has 0 N–H and O–H groups in total. The van der Waals surface area contributed by atoms with Gasteiger partial charge in [-0.25, -0.2) is 8.42 Å². The molecule has 1 atom stereocenters. The fourth-order valence-corrected chi connectivity index (χ4v) is 2.07. The molecule has 1 fully saturated rings. The number of nitrogens with zero attached hydrogens (tertiary/aromatic N) is 1. The maximum Gasteiger partial charge on any atom is 0.211 e. The van der Waals surface area contributed by atoms with Gasteiger partial charge in [0.2, 0.25) is 10.0 Å². The molecular formula is C6H13NO3S. The van der Waals surface area contributed by atoms with E-state index in [0.29, 0.717) is 13.1 Å². The van der Waals surface area contributed by atoms with Crippen molar-refractivity contribution in [1.82, 2.24) is 4.31 Å². The summed E-state index contributed by atoms with van der Waals surface area (Å²) in [6.45, 7) is 1.10. The SMILES string of the molecule is CO[C@@H]1CCN(S(C)(=O)=O)C1. The van der Waals surface area contributed by atoms with Crippen LogP contribution < -0.4 is 0 Å². The van der Waals surface area contributed by atoms with Crippen LogP contribution in [0.5, 0.6) is 0 Å². The highest BCUT2D eigenvalue weighted by Gasteiger charge is 2.27. The second-order valence-electron chi connectivity index (χ2n) is 2.77. The van der Waals surface area contributed by atoms with Crippen molar-refractivity contribution in [2.45, 2.75) is 12.5 Å². The van der Waals surface area contributed by atoms with Gasteiger partial charge in [0.15, 0.2) is 0 Å². The quantitative estimate of drug-likeness (QED) is 0.583. The fraction of sp³-hybridized carbons (Fsp3) is 1.00. The number of rotatable bonds is 2. The molecule has 0 amide bonds. The molecule has 11 heavy (non-hydrogen) atoms.